The molecule has 1 unspecified atom stereocenters. The Balaban J connectivity index is 1.60. The Bertz CT molecular complexity index is 989. The zero-order valence-corrected chi connectivity index (χ0v) is 20.0. The number of hydrogen-bond donors (Lipinski definition) is 2. The van der Waals surface area contributed by atoms with E-state index < -0.39 is 0 Å². The summed E-state index contributed by atoms with van der Waals surface area (Å²) in [5.41, 5.74) is 3.75. The first kappa shape index (κ1) is 24.8. The molecule has 0 saturated heterocycles. The Kier molecular flexibility index (Phi) is 8.89. The van der Waals surface area contributed by atoms with Gasteiger partial charge in [-0.2, -0.15) is 0 Å². The predicted octanol–water partition coefficient (Wildman–Crippen LogP) is 4.58. The molecule has 1 aliphatic heterocycles. The van der Waals surface area contributed by atoms with Crippen LogP contribution in [0.25, 0.3) is 0 Å². The molecule has 33 heavy (non-hydrogen) atoms. The smallest absolute Gasteiger partial charge is 0.243 e. The molecule has 2 N–H and O–H groups in total. The standard InChI is InChI=1S/C27H35FN2O3/c1-5-18(3)21(13-27(31)29-4)15-30-22-12-20-10-11-23(14-26(20)33-16-22)32-17-24-19(6-2)8-7-9-25(24)28/h7-11,13-14,18,22,30H,5-6,12,15-17H2,1-4H3,(H,29,31)/b21-13-/t18?,22-/m0/s1. The average Bonchev–Trinajstić information content (AvgIpc) is 2.84. The lowest BCUT2D eigenvalue weighted by molar-refractivity contribution is -0.116. The quantitative estimate of drug-likeness (QED) is 0.516. The van der Waals surface area contributed by atoms with E-state index in [1.165, 1.54) is 6.07 Å². The van der Waals surface area contributed by atoms with Crippen molar-refractivity contribution in [2.75, 3.05) is 20.2 Å². The summed E-state index contributed by atoms with van der Waals surface area (Å²) in [5, 5.41) is 6.20. The third-order valence-electron chi connectivity index (χ3n) is 6.33. The molecule has 5 nitrogen and oxygen atoms in total. The van der Waals surface area contributed by atoms with Gasteiger partial charge in [-0.25, -0.2) is 4.39 Å². The van der Waals surface area contributed by atoms with E-state index in [1.807, 2.05) is 31.2 Å². The van der Waals surface area contributed by atoms with Crippen LogP contribution < -0.4 is 20.1 Å². The Morgan fingerprint density at radius 1 is 1.30 bits per heavy atom. The molecular formula is C27H35FN2O3. The van der Waals surface area contributed by atoms with Crippen LogP contribution in [0.2, 0.25) is 0 Å². The van der Waals surface area contributed by atoms with Crippen molar-refractivity contribution in [3.8, 4) is 11.5 Å². The molecule has 0 aromatic heterocycles. The summed E-state index contributed by atoms with van der Waals surface area (Å²) in [6, 6.07) is 11.1. The molecule has 2 aromatic carbocycles. The van der Waals surface area contributed by atoms with E-state index in [9.17, 15) is 9.18 Å². The summed E-state index contributed by atoms with van der Waals surface area (Å²) in [6.07, 6.45) is 4.26. The Morgan fingerprint density at radius 3 is 2.85 bits per heavy atom. The lowest BCUT2D eigenvalue weighted by atomic mass is 9.96. The third-order valence-corrected chi connectivity index (χ3v) is 6.33. The van der Waals surface area contributed by atoms with Crippen LogP contribution in [0.3, 0.4) is 0 Å². The number of carbonyl (C=O) groups excluding carboxylic acids is 1. The van der Waals surface area contributed by atoms with E-state index in [0.29, 0.717) is 30.4 Å². The highest BCUT2D eigenvalue weighted by Gasteiger charge is 2.21. The van der Waals surface area contributed by atoms with Crippen molar-refractivity contribution in [1.29, 1.82) is 0 Å². The van der Waals surface area contributed by atoms with Gasteiger partial charge in [0.15, 0.2) is 0 Å². The van der Waals surface area contributed by atoms with Crippen LogP contribution in [0.4, 0.5) is 4.39 Å². The lowest BCUT2D eigenvalue weighted by Crippen LogP contribution is -2.40. The maximum atomic E-state index is 14.2. The number of fused-ring (bicyclic) bond motifs is 1. The zero-order chi connectivity index (χ0) is 23.8. The minimum Gasteiger partial charge on any atom is -0.492 e. The summed E-state index contributed by atoms with van der Waals surface area (Å²) < 4.78 is 26.1. The van der Waals surface area contributed by atoms with E-state index >= 15 is 0 Å². The molecule has 6 heteroatoms. The van der Waals surface area contributed by atoms with Crippen molar-refractivity contribution >= 4 is 5.91 Å². The number of rotatable bonds is 10. The van der Waals surface area contributed by atoms with Crippen molar-refractivity contribution < 1.29 is 18.7 Å². The number of hydrogen-bond acceptors (Lipinski definition) is 4. The van der Waals surface area contributed by atoms with Crippen molar-refractivity contribution in [2.24, 2.45) is 5.92 Å². The topological polar surface area (TPSA) is 59.6 Å². The zero-order valence-electron chi connectivity index (χ0n) is 20.0. The number of nitrogens with one attached hydrogen (secondary N) is 2. The third kappa shape index (κ3) is 6.57. The molecule has 0 aliphatic carbocycles. The second-order valence-electron chi connectivity index (χ2n) is 8.53. The van der Waals surface area contributed by atoms with Crippen LogP contribution in [-0.4, -0.2) is 32.1 Å². The van der Waals surface area contributed by atoms with Crippen molar-refractivity contribution in [1.82, 2.24) is 10.6 Å². The number of ether oxygens (including phenoxy) is 2. The van der Waals surface area contributed by atoms with Crippen LogP contribution in [0, 0.1) is 11.7 Å². The first-order chi connectivity index (χ1) is 15.9. The number of likely N-dealkylation sites (N-methyl/N-ethyl adjacent to an activating group) is 1. The molecule has 2 aromatic rings. The largest absolute Gasteiger partial charge is 0.492 e. The maximum absolute atomic E-state index is 14.2. The maximum Gasteiger partial charge on any atom is 0.243 e. The second-order valence-corrected chi connectivity index (χ2v) is 8.53. The number of benzene rings is 2. The van der Waals surface area contributed by atoms with Crippen LogP contribution in [0.15, 0.2) is 48.0 Å². The highest BCUT2D eigenvalue weighted by atomic mass is 19.1. The minimum absolute atomic E-state index is 0.0775. The molecule has 1 amide bonds. The fourth-order valence-corrected chi connectivity index (χ4v) is 3.96. The first-order valence-corrected chi connectivity index (χ1v) is 11.7. The molecule has 0 fully saturated rings. The minimum atomic E-state index is -0.236. The molecule has 0 radical (unpaired) electrons. The number of amides is 1. The molecule has 2 atom stereocenters. The van der Waals surface area contributed by atoms with Crippen LogP contribution in [-0.2, 0) is 24.2 Å². The molecule has 1 heterocycles. The fraction of sp³-hybridized carbons (Fsp3) is 0.444. The van der Waals surface area contributed by atoms with Gasteiger partial charge in [-0.1, -0.05) is 39.0 Å². The number of carbonyl (C=O) groups is 1. The SMILES string of the molecule is CCc1cccc(F)c1COc1ccc2c(c1)OC[C@@H](NC/C(=C/C(=O)NC)C(C)CC)C2. The van der Waals surface area contributed by atoms with Gasteiger partial charge in [0.2, 0.25) is 5.91 Å². The van der Waals surface area contributed by atoms with Crippen molar-refractivity contribution in [3.05, 3.63) is 70.6 Å². The van der Waals surface area contributed by atoms with Gasteiger partial charge in [-0.3, -0.25) is 4.79 Å². The van der Waals surface area contributed by atoms with Gasteiger partial charge >= 0.3 is 0 Å². The summed E-state index contributed by atoms with van der Waals surface area (Å²) in [5.74, 6) is 1.48. The van der Waals surface area contributed by atoms with Gasteiger partial charge in [-0.15, -0.1) is 0 Å². The van der Waals surface area contributed by atoms with E-state index in [0.717, 1.165) is 41.7 Å². The highest BCUT2D eigenvalue weighted by molar-refractivity contribution is 5.88. The Hall–Kier alpha value is -2.86. The molecular weight excluding hydrogens is 419 g/mol. The lowest BCUT2D eigenvalue weighted by Gasteiger charge is -2.27. The summed E-state index contributed by atoms with van der Waals surface area (Å²) in [7, 11) is 1.64. The second kappa shape index (κ2) is 11.8. The molecule has 0 bridgehead atoms. The van der Waals surface area contributed by atoms with Gasteiger partial charge < -0.3 is 20.1 Å². The average molecular weight is 455 g/mol. The van der Waals surface area contributed by atoms with E-state index in [1.54, 1.807) is 19.2 Å². The molecule has 0 spiro atoms. The molecule has 0 saturated carbocycles. The number of aryl methyl sites for hydroxylation is 1. The Morgan fingerprint density at radius 2 is 2.12 bits per heavy atom. The number of halogens is 1. The van der Waals surface area contributed by atoms with Gasteiger partial charge in [-0.05, 0) is 54.0 Å². The van der Waals surface area contributed by atoms with Gasteiger partial charge in [0.25, 0.3) is 0 Å². The van der Waals surface area contributed by atoms with E-state index in [4.69, 9.17) is 9.47 Å². The fourth-order valence-electron chi connectivity index (χ4n) is 3.96. The van der Waals surface area contributed by atoms with Gasteiger partial charge in [0.1, 0.15) is 30.5 Å². The summed E-state index contributed by atoms with van der Waals surface area (Å²) in [4.78, 5) is 11.8. The first-order valence-electron chi connectivity index (χ1n) is 11.7. The van der Waals surface area contributed by atoms with Gasteiger partial charge in [0, 0.05) is 37.3 Å². The normalized spacial score (nSPS) is 16.5. The molecule has 178 valence electrons. The van der Waals surface area contributed by atoms with Gasteiger partial charge in [0.05, 0.1) is 0 Å². The summed E-state index contributed by atoms with van der Waals surface area (Å²) in [6.45, 7) is 7.64. The van der Waals surface area contributed by atoms with Crippen LogP contribution >= 0.6 is 0 Å². The van der Waals surface area contributed by atoms with E-state index in [2.05, 4.69) is 24.5 Å². The van der Waals surface area contributed by atoms with Crippen molar-refractivity contribution in [2.45, 2.75) is 52.7 Å². The molecule has 1 aliphatic rings. The monoisotopic (exact) mass is 454 g/mol. The van der Waals surface area contributed by atoms with E-state index in [-0.39, 0.29) is 24.4 Å². The summed E-state index contributed by atoms with van der Waals surface area (Å²) >= 11 is 0. The predicted molar refractivity (Wildman–Crippen MR) is 129 cm³/mol. The highest BCUT2D eigenvalue weighted by Crippen LogP contribution is 2.30. The van der Waals surface area contributed by atoms with Crippen molar-refractivity contribution in [3.63, 3.8) is 0 Å². The Labute approximate surface area is 196 Å². The van der Waals surface area contributed by atoms with Crippen LogP contribution in [0.5, 0.6) is 11.5 Å². The van der Waals surface area contributed by atoms with Crippen LogP contribution in [0.1, 0.15) is 43.9 Å². The molecule has 3 rings (SSSR count).